The van der Waals surface area contributed by atoms with Crippen molar-refractivity contribution in [3.8, 4) is 0 Å². The number of amides is 3. The highest BCUT2D eigenvalue weighted by Crippen LogP contribution is 2.28. The molecule has 0 radical (unpaired) electrons. The summed E-state index contributed by atoms with van der Waals surface area (Å²) in [6, 6.07) is 21.3. The molecule has 3 aromatic rings. The predicted octanol–water partition coefficient (Wildman–Crippen LogP) is 4.89. The van der Waals surface area contributed by atoms with Crippen LogP contribution in [0.25, 0.3) is 0 Å². The fourth-order valence-corrected chi connectivity index (χ4v) is 3.82. The van der Waals surface area contributed by atoms with Gasteiger partial charge in [0.15, 0.2) is 0 Å². The Morgan fingerprint density at radius 3 is 2.50 bits per heavy atom. The molecule has 1 aliphatic rings. The lowest BCUT2D eigenvalue weighted by Gasteiger charge is -2.18. The first kappa shape index (κ1) is 21.6. The maximum atomic E-state index is 12.8. The summed E-state index contributed by atoms with van der Waals surface area (Å²) in [5.74, 6) is -1.16. The zero-order valence-corrected chi connectivity index (χ0v) is 18.2. The maximum absolute atomic E-state index is 12.8. The topological polar surface area (TPSA) is 78.5 Å². The molecule has 4 rings (SSSR count). The number of halogens is 1. The van der Waals surface area contributed by atoms with E-state index >= 15 is 0 Å². The summed E-state index contributed by atoms with van der Waals surface area (Å²) < 4.78 is 0. The van der Waals surface area contributed by atoms with Gasteiger partial charge in [-0.25, -0.2) is 0 Å². The molecule has 7 heteroatoms. The quantitative estimate of drug-likeness (QED) is 0.584. The van der Waals surface area contributed by atoms with E-state index in [0.717, 1.165) is 5.56 Å². The molecule has 1 aliphatic heterocycles. The highest BCUT2D eigenvalue weighted by atomic mass is 35.5. The van der Waals surface area contributed by atoms with Gasteiger partial charge in [0.25, 0.3) is 5.91 Å². The van der Waals surface area contributed by atoms with Crippen LogP contribution in [0.2, 0.25) is 5.02 Å². The molecule has 0 saturated carbocycles. The van der Waals surface area contributed by atoms with Crippen molar-refractivity contribution in [2.75, 3.05) is 22.1 Å². The second-order valence-corrected chi connectivity index (χ2v) is 8.08. The summed E-state index contributed by atoms with van der Waals surface area (Å²) in [6.45, 7) is 2.07. The van der Waals surface area contributed by atoms with Crippen LogP contribution >= 0.6 is 11.6 Å². The van der Waals surface area contributed by atoms with Gasteiger partial charge in [0.1, 0.15) is 0 Å². The van der Waals surface area contributed by atoms with Crippen molar-refractivity contribution in [1.29, 1.82) is 0 Å². The van der Waals surface area contributed by atoms with Gasteiger partial charge >= 0.3 is 0 Å². The summed E-state index contributed by atoms with van der Waals surface area (Å²) in [6.07, 6.45) is 0.103. The van der Waals surface area contributed by atoms with Crippen molar-refractivity contribution in [3.63, 3.8) is 0 Å². The SMILES string of the molecule is Cc1c(Cl)cccc1NC(=O)C1CC(=O)N(c2cccc(C(=O)Nc3ccccc3)c2)C1. The molecule has 32 heavy (non-hydrogen) atoms. The van der Waals surface area contributed by atoms with Gasteiger partial charge in [-0.05, 0) is 55.0 Å². The maximum Gasteiger partial charge on any atom is 0.255 e. The van der Waals surface area contributed by atoms with E-state index in [0.29, 0.717) is 27.6 Å². The van der Waals surface area contributed by atoms with Gasteiger partial charge in [-0.2, -0.15) is 0 Å². The van der Waals surface area contributed by atoms with Crippen LogP contribution in [-0.2, 0) is 9.59 Å². The third kappa shape index (κ3) is 4.65. The smallest absolute Gasteiger partial charge is 0.255 e. The fourth-order valence-electron chi connectivity index (χ4n) is 3.65. The minimum Gasteiger partial charge on any atom is -0.325 e. The Balaban J connectivity index is 1.46. The molecule has 2 N–H and O–H groups in total. The predicted molar refractivity (Wildman–Crippen MR) is 126 cm³/mol. The zero-order valence-electron chi connectivity index (χ0n) is 17.5. The third-order valence-corrected chi connectivity index (χ3v) is 5.88. The van der Waals surface area contributed by atoms with Crippen LogP contribution in [-0.4, -0.2) is 24.3 Å². The molecule has 1 unspecified atom stereocenters. The van der Waals surface area contributed by atoms with E-state index < -0.39 is 5.92 Å². The second-order valence-electron chi connectivity index (χ2n) is 7.68. The molecule has 0 spiro atoms. The monoisotopic (exact) mass is 447 g/mol. The lowest BCUT2D eigenvalue weighted by molar-refractivity contribution is -0.122. The first-order valence-electron chi connectivity index (χ1n) is 10.2. The Labute approximate surface area is 191 Å². The van der Waals surface area contributed by atoms with Crippen molar-refractivity contribution in [1.82, 2.24) is 0 Å². The molecule has 1 saturated heterocycles. The van der Waals surface area contributed by atoms with E-state index in [4.69, 9.17) is 11.6 Å². The lowest BCUT2D eigenvalue weighted by Crippen LogP contribution is -2.28. The number of hydrogen-bond donors (Lipinski definition) is 2. The van der Waals surface area contributed by atoms with Gasteiger partial charge in [0, 0.05) is 40.6 Å². The Morgan fingerprint density at radius 1 is 0.969 bits per heavy atom. The van der Waals surface area contributed by atoms with Gasteiger partial charge in [-0.15, -0.1) is 0 Å². The van der Waals surface area contributed by atoms with Crippen molar-refractivity contribution >= 4 is 46.4 Å². The third-order valence-electron chi connectivity index (χ3n) is 5.47. The zero-order chi connectivity index (χ0) is 22.7. The molecule has 3 amide bonds. The first-order chi connectivity index (χ1) is 15.4. The molecule has 6 nitrogen and oxygen atoms in total. The minimum absolute atomic E-state index is 0.103. The number of para-hydroxylation sites is 1. The van der Waals surface area contributed by atoms with E-state index in [-0.39, 0.29) is 30.7 Å². The van der Waals surface area contributed by atoms with E-state index in [2.05, 4.69) is 10.6 Å². The molecule has 1 fully saturated rings. The normalized spacial score (nSPS) is 15.5. The molecular weight excluding hydrogens is 426 g/mol. The Kier molecular flexibility index (Phi) is 6.23. The van der Waals surface area contributed by atoms with Crippen LogP contribution in [0.15, 0.2) is 72.8 Å². The number of carbonyl (C=O) groups is 3. The van der Waals surface area contributed by atoms with Crippen LogP contribution in [0, 0.1) is 12.8 Å². The summed E-state index contributed by atoms with van der Waals surface area (Å²) in [4.78, 5) is 39.6. The van der Waals surface area contributed by atoms with Gasteiger partial charge in [0.05, 0.1) is 5.92 Å². The molecule has 0 aliphatic carbocycles. The Bertz CT molecular complexity index is 1180. The number of rotatable bonds is 5. The van der Waals surface area contributed by atoms with E-state index in [1.807, 2.05) is 25.1 Å². The molecule has 162 valence electrons. The number of nitrogens with zero attached hydrogens (tertiary/aromatic N) is 1. The average molecular weight is 448 g/mol. The van der Waals surface area contributed by atoms with Crippen LogP contribution in [0.4, 0.5) is 17.1 Å². The van der Waals surface area contributed by atoms with Gasteiger partial charge < -0.3 is 15.5 Å². The van der Waals surface area contributed by atoms with E-state index in [9.17, 15) is 14.4 Å². The van der Waals surface area contributed by atoms with Crippen LogP contribution < -0.4 is 15.5 Å². The summed E-state index contributed by atoms with van der Waals surface area (Å²) in [7, 11) is 0. The van der Waals surface area contributed by atoms with Gasteiger partial charge in [0.2, 0.25) is 11.8 Å². The number of nitrogens with one attached hydrogen (secondary N) is 2. The number of anilines is 3. The van der Waals surface area contributed by atoms with Crippen LogP contribution in [0.5, 0.6) is 0 Å². The van der Waals surface area contributed by atoms with Crippen LogP contribution in [0.3, 0.4) is 0 Å². The largest absolute Gasteiger partial charge is 0.325 e. The van der Waals surface area contributed by atoms with E-state index in [1.165, 1.54) is 0 Å². The Morgan fingerprint density at radius 2 is 1.72 bits per heavy atom. The molecule has 3 aromatic carbocycles. The van der Waals surface area contributed by atoms with Gasteiger partial charge in [-0.3, -0.25) is 14.4 Å². The van der Waals surface area contributed by atoms with Crippen molar-refractivity contribution in [2.24, 2.45) is 5.92 Å². The summed E-state index contributed by atoms with van der Waals surface area (Å²) >= 11 is 6.13. The minimum atomic E-state index is -0.498. The number of benzene rings is 3. The Hall–Kier alpha value is -3.64. The molecule has 0 bridgehead atoms. The highest BCUT2D eigenvalue weighted by Gasteiger charge is 2.35. The molecule has 1 atom stereocenters. The number of carbonyl (C=O) groups excluding carboxylic acids is 3. The summed E-state index contributed by atoms with van der Waals surface area (Å²) in [5, 5.41) is 6.28. The fraction of sp³-hybridized carbons (Fsp3) is 0.160. The van der Waals surface area contributed by atoms with E-state index in [1.54, 1.807) is 59.5 Å². The number of hydrogen-bond acceptors (Lipinski definition) is 3. The average Bonchev–Trinajstić information content (AvgIpc) is 3.19. The second kappa shape index (κ2) is 9.24. The van der Waals surface area contributed by atoms with Crippen molar-refractivity contribution < 1.29 is 14.4 Å². The van der Waals surface area contributed by atoms with Gasteiger partial charge in [-0.1, -0.05) is 41.9 Å². The highest BCUT2D eigenvalue weighted by molar-refractivity contribution is 6.31. The van der Waals surface area contributed by atoms with Crippen LogP contribution in [0.1, 0.15) is 22.3 Å². The molecule has 0 aromatic heterocycles. The van der Waals surface area contributed by atoms with Crippen molar-refractivity contribution in [2.45, 2.75) is 13.3 Å². The first-order valence-corrected chi connectivity index (χ1v) is 10.6. The summed E-state index contributed by atoms with van der Waals surface area (Å²) in [5.41, 5.74) is 3.12. The molecular formula is C25H22ClN3O3. The molecule has 1 heterocycles. The lowest BCUT2D eigenvalue weighted by atomic mass is 10.1. The van der Waals surface area contributed by atoms with Crippen molar-refractivity contribution in [3.05, 3.63) is 88.9 Å². The standard InChI is InChI=1S/C25H22ClN3O3/c1-16-21(26)11-6-12-22(16)28-25(32)18-14-23(30)29(15-18)20-10-5-7-17(13-20)24(31)27-19-8-3-2-4-9-19/h2-13,18H,14-15H2,1H3,(H,27,31)(H,28,32).